The quantitative estimate of drug-likeness (QED) is 0.867. The third-order valence-corrected chi connectivity index (χ3v) is 2.18. The van der Waals surface area contributed by atoms with Crippen LogP contribution in [-0.4, -0.2) is 16.5 Å². The lowest BCUT2D eigenvalue weighted by atomic mass is 10.2. The minimum atomic E-state index is -4.49. The van der Waals surface area contributed by atoms with Gasteiger partial charge in [-0.2, -0.15) is 13.2 Å². The minimum absolute atomic E-state index is 0.237. The number of rotatable bonds is 5. The predicted molar refractivity (Wildman–Crippen MR) is 59.8 cm³/mol. The first-order chi connectivity index (χ1) is 7.97. The van der Waals surface area contributed by atoms with E-state index < -0.39 is 12.0 Å². The molecular formula is C11H16F3N3. The molecule has 1 aromatic heterocycles. The van der Waals surface area contributed by atoms with E-state index in [4.69, 9.17) is 0 Å². The first kappa shape index (κ1) is 13.7. The van der Waals surface area contributed by atoms with Gasteiger partial charge >= 0.3 is 6.18 Å². The van der Waals surface area contributed by atoms with E-state index >= 15 is 0 Å². The van der Waals surface area contributed by atoms with Gasteiger partial charge in [-0.25, -0.2) is 9.97 Å². The smallest absolute Gasteiger partial charge is 0.370 e. The van der Waals surface area contributed by atoms with Gasteiger partial charge in [0.05, 0.1) is 0 Å². The summed E-state index contributed by atoms with van der Waals surface area (Å²) in [5.74, 6) is -0.831. The summed E-state index contributed by atoms with van der Waals surface area (Å²) < 4.78 is 37.7. The number of unbranched alkanes of at least 4 members (excludes halogenated alkanes) is 1. The van der Waals surface area contributed by atoms with Gasteiger partial charge in [-0.15, -0.1) is 0 Å². The maximum Gasteiger partial charge on any atom is 0.451 e. The summed E-state index contributed by atoms with van der Waals surface area (Å²) in [5, 5.41) is 2.79. The molecule has 6 heteroatoms. The van der Waals surface area contributed by atoms with Crippen molar-refractivity contribution < 1.29 is 13.2 Å². The fourth-order valence-corrected chi connectivity index (χ4v) is 1.38. The molecule has 0 radical (unpaired) electrons. The van der Waals surface area contributed by atoms with E-state index in [1.807, 2.05) is 6.92 Å². The van der Waals surface area contributed by atoms with Gasteiger partial charge in [0.1, 0.15) is 5.82 Å². The van der Waals surface area contributed by atoms with Gasteiger partial charge in [0.15, 0.2) is 0 Å². The molecule has 0 bridgehead atoms. The fraction of sp³-hybridized carbons (Fsp3) is 0.636. The Morgan fingerprint density at radius 1 is 1.24 bits per heavy atom. The van der Waals surface area contributed by atoms with Gasteiger partial charge in [0.25, 0.3) is 0 Å². The van der Waals surface area contributed by atoms with Gasteiger partial charge in [0.2, 0.25) is 5.82 Å². The molecule has 0 saturated carbocycles. The number of alkyl halides is 3. The highest BCUT2D eigenvalue weighted by molar-refractivity contribution is 5.36. The van der Waals surface area contributed by atoms with E-state index in [1.165, 1.54) is 0 Å². The summed E-state index contributed by atoms with van der Waals surface area (Å²) >= 11 is 0. The van der Waals surface area contributed by atoms with Crippen LogP contribution in [0.4, 0.5) is 19.0 Å². The maximum absolute atomic E-state index is 12.6. The molecule has 1 aromatic rings. The van der Waals surface area contributed by atoms with Crippen LogP contribution >= 0.6 is 0 Å². The van der Waals surface area contributed by atoms with E-state index in [1.54, 1.807) is 13.0 Å². The van der Waals surface area contributed by atoms with Crippen LogP contribution < -0.4 is 5.32 Å². The van der Waals surface area contributed by atoms with Crippen molar-refractivity contribution in [2.45, 2.75) is 39.3 Å². The molecule has 1 N–H and O–H groups in total. The van der Waals surface area contributed by atoms with Crippen molar-refractivity contribution in [3.05, 3.63) is 17.6 Å². The topological polar surface area (TPSA) is 37.8 Å². The van der Waals surface area contributed by atoms with Crippen LogP contribution in [0.2, 0.25) is 0 Å². The third kappa shape index (κ3) is 4.20. The van der Waals surface area contributed by atoms with Gasteiger partial charge in [-0.3, -0.25) is 0 Å². The molecule has 0 aromatic carbocycles. The lowest BCUT2D eigenvalue weighted by Gasteiger charge is -2.10. The van der Waals surface area contributed by atoms with Crippen molar-refractivity contribution in [3.63, 3.8) is 0 Å². The first-order valence-corrected chi connectivity index (χ1v) is 5.66. The molecule has 0 amide bonds. The van der Waals surface area contributed by atoms with Gasteiger partial charge in [-0.1, -0.05) is 13.3 Å². The average Bonchev–Trinajstić information content (AvgIpc) is 2.25. The first-order valence-electron chi connectivity index (χ1n) is 5.66. The molecule has 3 nitrogen and oxygen atoms in total. The number of nitrogens with one attached hydrogen (secondary N) is 1. The Labute approximate surface area is 98.5 Å². The molecule has 0 fully saturated rings. The number of aryl methyl sites for hydroxylation is 1. The molecule has 96 valence electrons. The summed E-state index contributed by atoms with van der Waals surface area (Å²) in [5.41, 5.74) is 0.435. The van der Waals surface area contributed by atoms with Crippen LogP contribution in [0.5, 0.6) is 0 Å². The summed E-state index contributed by atoms with van der Waals surface area (Å²) in [6, 6.07) is 1.58. The van der Waals surface area contributed by atoms with Gasteiger partial charge < -0.3 is 5.32 Å². The minimum Gasteiger partial charge on any atom is -0.370 e. The standard InChI is InChI=1S/C11H16F3N3/c1-3-5-6-8-7-9(15-4-2)17-10(16-8)11(12,13)14/h7H,3-6H2,1-2H3,(H,15,16,17). The summed E-state index contributed by atoms with van der Waals surface area (Å²) in [4.78, 5) is 7.00. The molecule has 17 heavy (non-hydrogen) atoms. The largest absolute Gasteiger partial charge is 0.451 e. The number of hydrogen-bond donors (Lipinski definition) is 1. The van der Waals surface area contributed by atoms with Crippen molar-refractivity contribution in [2.24, 2.45) is 0 Å². The molecule has 0 spiro atoms. The molecule has 0 aliphatic carbocycles. The zero-order valence-electron chi connectivity index (χ0n) is 9.93. The Balaban J connectivity index is 3.01. The Morgan fingerprint density at radius 3 is 2.47 bits per heavy atom. The number of anilines is 1. The number of nitrogens with zero attached hydrogens (tertiary/aromatic N) is 2. The zero-order chi connectivity index (χ0) is 12.9. The van der Waals surface area contributed by atoms with Crippen LogP contribution in [0.25, 0.3) is 0 Å². The Bertz CT molecular complexity index is 363. The van der Waals surface area contributed by atoms with E-state index in [0.29, 0.717) is 18.7 Å². The van der Waals surface area contributed by atoms with Crippen LogP contribution in [0, 0.1) is 0 Å². The van der Waals surface area contributed by atoms with E-state index in [-0.39, 0.29) is 5.82 Å². The van der Waals surface area contributed by atoms with Crippen molar-refractivity contribution in [1.82, 2.24) is 9.97 Å². The summed E-state index contributed by atoms with van der Waals surface area (Å²) in [6.45, 7) is 4.32. The highest BCUT2D eigenvalue weighted by Crippen LogP contribution is 2.27. The van der Waals surface area contributed by atoms with Crippen LogP contribution in [0.1, 0.15) is 38.2 Å². The molecule has 1 heterocycles. The molecule has 0 aliphatic heterocycles. The van der Waals surface area contributed by atoms with Crippen molar-refractivity contribution in [1.29, 1.82) is 0 Å². The van der Waals surface area contributed by atoms with Crippen molar-refractivity contribution in [3.8, 4) is 0 Å². The van der Waals surface area contributed by atoms with E-state index in [9.17, 15) is 13.2 Å². The third-order valence-electron chi connectivity index (χ3n) is 2.18. The number of aromatic nitrogens is 2. The Kier molecular flexibility index (Phi) is 4.72. The second-order valence-corrected chi connectivity index (χ2v) is 3.70. The zero-order valence-corrected chi connectivity index (χ0v) is 9.93. The lowest BCUT2D eigenvalue weighted by Crippen LogP contribution is -2.14. The highest BCUT2D eigenvalue weighted by atomic mass is 19.4. The second kappa shape index (κ2) is 5.84. The van der Waals surface area contributed by atoms with Gasteiger partial charge in [-0.05, 0) is 19.8 Å². The monoisotopic (exact) mass is 247 g/mol. The fourth-order valence-electron chi connectivity index (χ4n) is 1.38. The Hall–Kier alpha value is -1.33. The maximum atomic E-state index is 12.6. The molecule has 0 atom stereocenters. The molecule has 0 unspecified atom stereocenters. The van der Waals surface area contributed by atoms with Crippen LogP contribution in [0.15, 0.2) is 6.07 Å². The van der Waals surface area contributed by atoms with Crippen molar-refractivity contribution >= 4 is 5.82 Å². The molecule has 0 aliphatic rings. The van der Waals surface area contributed by atoms with Crippen LogP contribution in [-0.2, 0) is 12.6 Å². The van der Waals surface area contributed by atoms with Gasteiger partial charge in [0, 0.05) is 18.3 Å². The van der Waals surface area contributed by atoms with Crippen LogP contribution in [0.3, 0.4) is 0 Å². The Morgan fingerprint density at radius 2 is 1.94 bits per heavy atom. The lowest BCUT2D eigenvalue weighted by molar-refractivity contribution is -0.145. The van der Waals surface area contributed by atoms with E-state index in [0.717, 1.165) is 12.8 Å². The number of halogens is 3. The SMILES string of the molecule is CCCCc1cc(NCC)nc(C(F)(F)F)n1. The van der Waals surface area contributed by atoms with E-state index in [2.05, 4.69) is 15.3 Å². The highest BCUT2D eigenvalue weighted by Gasteiger charge is 2.35. The average molecular weight is 247 g/mol. The second-order valence-electron chi connectivity index (χ2n) is 3.70. The predicted octanol–water partition coefficient (Wildman–Crippen LogP) is 3.27. The molecule has 0 saturated heterocycles. The normalized spacial score (nSPS) is 11.6. The molecular weight excluding hydrogens is 231 g/mol. The molecule has 1 rings (SSSR count). The number of hydrogen-bond acceptors (Lipinski definition) is 3. The summed E-state index contributed by atoms with van der Waals surface area (Å²) in [6.07, 6.45) is -2.21. The summed E-state index contributed by atoms with van der Waals surface area (Å²) in [7, 11) is 0. The van der Waals surface area contributed by atoms with Crippen molar-refractivity contribution in [2.75, 3.05) is 11.9 Å².